The van der Waals surface area contributed by atoms with Crippen LogP contribution in [0.15, 0.2) is 24.4 Å². The van der Waals surface area contributed by atoms with Crippen molar-refractivity contribution < 1.29 is 4.79 Å². The zero-order chi connectivity index (χ0) is 9.42. The molecule has 0 aromatic carbocycles. The first-order chi connectivity index (χ1) is 6.20. The van der Waals surface area contributed by atoms with Crippen LogP contribution in [0.1, 0.15) is 23.0 Å². The molecule has 0 atom stereocenters. The number of hydrogen-bond donors (Lipinski definition) is 0. The molecule has 0 bridgehead atoms. The number of ketones is 1. The molecular weight excluding hydrogens is 164 g/mol. The third-order valence-corrected chi connectivity index (χ3v) is 2.11. The van der Waals surface area contributed by atoms with Gasteiger partial charge in [-0.1, -0.05) is 6.07 Å². The largest absolute Gasteiger partial charge is 0.294 e. The first-order valence-electron chi connectivity index (χ1n) is 4.14. The Balaban J connectivity index is 2.83. The van der Waals surface area contributed by atoms with Crippen LogP contribution in [-0.4, -0.2) is 15.4 Å². The van der Waals surface area contributed by atoms with Gasteiger partial charge in [0, 0.05) is 5.69 Å². The van der Waals surface area contributed by atoms with Crippen molar-refractivity contribution >= 4 is 11.3 Å². The van der Waals surface area contributed by atoms with Gasteiger partial charge in [0.25, 0.3) is 0 Å². The first-order valence-corrected chi connectivity index (χ1v) is 4.14. The normalized spacial score (nSPS) is 10.6. The predicted molar refractivity (Wildman–Crippen MR) is 49.9 cm³/mol. The van der Waals surface area contributed by atoms with E-state index < -0.39 is 0 Å². The topological polar surface area (TPSA) is 34.4 Å². The van der Waals surface area contributed by atoms with Gasteiger partial charge in [0.2, 0.25) is 0 Å². The summed E-state index contributed by atoms with van der Waals surface area (Å²) in [6, 6.07) is 5.79. The SMILES string of the molecule is CC(=O)c1cnn2c(C)cccc12. The summed E-state index contributed by atoms with van der Waals surface area (Å²) in [5.74, 6) is 0.0561. The van der Waals surface area contributed by atoms with Gasteiger partial charge < -0.3 is 0 Å². The summed E-state index contributed by atoms with van der Waals surface area (Å²) >= 11 is 0. The maximum atomic E-state index is 11.2. The van der Waals surface area contributed by atoms with Crippen molar-refractivity contribution in [1.82, 2.24) is 9.61 Å². The highest BCUT2D eigenvalue weighted by molar-refractivity contribution is 6.00. The summed E-state index contributed by atoms with van der Waals surface area (Å²) < 4.78 is 1.77. The van der Waals surface area contributed by atoms with Gasteiger partial charge in [-0.15, -0.1) is 0 Å². The van der Waals surface area contributed by atoms with Crippen molar-refractivity contribution in [3.8, 4) is 0 Å². The molecule has 0 N–H and O–H groups in total. The maximum Gasteiger partial charge on any atom is 0.163 e. The molecule has 3 nitrogen and oxygen atoms in total. The summed E-state index contributed by atoms with van der Waals surface area (Å²) in [4.78, 5) is 11.2. The number of carbonyl (C=O) groups excluding carboxylic acids is 1. The van der Waals surface area contributed by atoms with Gasteiger partial charge in [-0.25, -0.2) is 4.52 Å². The zero-order valence-electron chi connectivity index (χ0n) is 7.61. The molecule has 0 spiro atoms. The lowest BCUT2D eigenvalue weighted by molar-refractivity contribution is 0.101. The van der Waals surface area contributed by atoms with Crippen LogP contribution in [0.4, 0.5) is 0 Å². The number of fused-ring (bicyclic) bond motifs is 1. The van der Waals surface area contributed by atoms with Crippen LogP contribution in [0.5, 0.6) is 0 Å². The fourth-order valence-electron chi connectivity index (χ4n) is 1.42. The molecule has 0 aliphatic carbocycles. The fraction of sp³-hybridized carbons (Fsp3) is 0.200. The molecule has 2 aromatic heterocycles. The second kappa shape index (κ2) is 2.69. The number of Topliss-reactive ketones (excluding diaryl/α,β-unsaturated/α-hetero) is 1. The van der Waals surface area contributed by atoms with E-state index in [2.05, 4.69) is 5.10 Å². The summed E-state index contributed by atoms with van der Waals surface area (Å²) in [5.41, 5.74) is 2.60. The molecule has 0 radical (unpaired) electrons. The highest BCUT2D eigenvalue weighted by Crippen LogP contribution is 2.12. The summed E-state index contributed by atoms with van der Waals surface area (Å²) in [5, 5.41) is 4.14. The number of nitrogens with zero attached hydrogens (tertiary/aromatic N) is 2. The molecule has 0 saturated carbocycles. The molecule has 2 heterocycles. The van der Waals surface area contributed by atoms with E-state index in [1.165, 1.54) is 0 Å². The van der Waals surface area contributed by atoms with E-state index in [-0.39, 0.29) is 5.78 Å². The van der Waals surface area contributed by atoms with Crippen molar-refractivity contribution in [2.45, 2.75) is 13.8 Å². The Morgan fingerprint density at radius 3 is 2.92 bits per heavy atom. The lowest BCUT2D eigenvalue weighted by Gasteiger charge is -1.97. The highest BCUT2D eigenvalue weighted by atomic mass is 16.1. The number of aromatic nitrogens is 2. The minimum atomic E-state index is 0.0561. The van der Waals surface area contributed by atoms with Crippen molar-refractivity contribution in [1.29, 1.82) is 0 Å². The molecule has 0 amide bonds. The molecule has 0 fully saturated rings. The van der Waals surface area contributed by atoms with Gasteiger partial charge >= 0.3 is 0 Å². The van der Waals surface area contributed by atoms with E-state index in [1.54, 1.807) is 17.6 Å². The monoisotopic (exact) mass is 174 g/mol. The smallest absolute Gasteiger partial charge is 0.163 e. The molecule has 13 heavy (non-hydrogen) atoms. The van der Waals surface area contributed by atoms with E-state index in [9.17, 15) is 4.79 Å². The van der Waals surface area contributed by atoms with Gasteiger partial charge in [-0.3, -0.25) is 4.79 Å². The second-order valence-electron chi connectivity index (χ2n) is 3.08. The Bertz CT molecular complexity index is 471. The number of pyridine rings is 1. The lowest BCUT2D eigenvalue weighted by atomic mass is 10.2. The molecule has 2 rings (SSSR count). The Morgan fingerprint density at radius 1 is 1.46 bits per heavy atom. The van der Waals surface area contributed by atoms with E-state index in [1.807, 2.05) is 25.1 Å². The van der Waals surface area contributed by atoms with Gasteiger partial charge in [-0.2, -0.15) is 5.10 Å². The van der Waals surface area contributed by atoms with Gasteiger partial charge in [0.05, 0.1) is 17.3 Å². The third-order valence-electron chi connectivity index (χ3n) is 2.11. The molecular formula is C10H10N2O. The van der Waals surface area contributed by atoms with E-state index in [0.29, 0.717) is 5.56 Å². The Kier molecular flexibility index (Phi) is 1.65. The van der Waals surface area contributed by atoms with Crippen LogP contribution in [0.3, 0.4) is 0 Å². The van der Waals surface area contributed by atoms with Crippen LogP contribution in [0.25, 0.3) is 5.52 Å². The quantitative estimate of drug-likeness (QED) is 0.618. The van der Waals surface area contributed by atoms with Crippen molar-refractivity contribution in [2.24, 2.45) is 0 Å². The molecule has 0 aliphatic heterocycles. The summed E-state index contributed by atoms with van der Waals surface area (Å²) in [6.45, 7) is 3.52. The average Bonchev–Trinajstić information content (AvgIpc) is 2.48. The Hall–Kier alpha value is -1.64. The van der Waals surface area contributed by atoms with Gasteiger partial charge in [0.15, 0.2) is 5.78 Å². The molecule has 0 unspecified atom stereocenters. The van der Waals surface area contributed by atoms with E-state index >= 15 is 0 Å². The van der Waals surface area contributed by atoms with Gasteiger partial charge in [-0.05, 0) is 26.0 Å². The fourth-order valence-corrected chi connectivity index (χ4v) is 1.42. The third kappa shape index (κ3) is 1.13. The van der Waals surface area contributed by atoms with Crippen molar-refractivity contribution in [2.75, 3.05) is 0 Å². The summed E-state index contributed by atoms with van der Waals surface area (Å²) in [6.07, 6.45) is 1.62. The number of rotatable bonds is 1. The minimum Gasteiger partial charge on any atom is -0.294 e. The van der Waals surface area contributed by atoms with Crippen LogP contribution in [0, 0.1) is 6.92 Å². The molecule has 0 aliphatic rings. The van der Waals surface area contributed by atoms with Crippen molar-refractivity contribution in [3.05, 3.63) is 35.7 Å². The molecule has 3 heteroatoms. The summed E-state index contributed by atoms with van der Waals surface area (Å²) in [7, 11) is 0. The van der Waals surface area contributed by atoms with E-state index in [4.69, 9.17) is 0 Å². The van der Waals surface area contributed by atoms with Crippen LogP contribution < -0.4 is 0 Å². The maximum absolute atomic E-state index is 11.2. The molecule has 66 valence electrons. The highest BCUT2D eigenvalue weighted by Gasteiger charge is 2.07. The van der Waals surface area contributed by atoms with Crippen LogP contribution in [-0.2, 0) is 0 Å². The lowest BCUT2D eigenvalue weighted by Crippen LogP contribution is -1.94. The number of carbonyl (C=O) groups is 1. The van der Waals surface area contributed by atoms with Crippen LogP contribution in [0.2, 0.25) is 0 Å². The molecule has 0 saturated heterocycles. The van der Waals surface area contributed by atoms with E-state index in [0.717, 1.165) is 11.2 Å². The average molecular weight is 174 g/mol. The van der Waals surface area contributed by atoms with Crippen LogP contribution >= 0.6 is 0 Å². The number of hydrogen-bond acceptors (Lipinski definition) is 2. The minimum absolute atomic E-state index is 0.0561. The predicted octanol–water partition coefficient (Wildman–Crippen LogP) is 1.85. The Labute approximate surface area is 76.0 Å². The Morgan fingerprint density at radius 2 is 2.23 bits per heavy atom. The molecule has 2 aromatic rings. The second-order valence-corrected chi connectivity index (χ2v) is 3.08. The van der Waals surface area contributed by atoms with Crippen molar-refractivity contribution in [3.63, 3.8) is 0 Å². The van der Waals surface area contributed by atoms with Gasteiger partial charge in [0.1, 0.15) is 0 Å². The zero-order valence-corrected chi connectivity index (χ0v) is 7.61. The number of aryl methyl sites for hydroxylation is 1. The standard InChI is InChI=1S/C10H10N2O/c1-7-4-3-5-10-9(8(2)13)6-11-12(7)10/h3-6H,1-2H3. The first kappa shape index (κ1) is 7.98.